The zero-order valence-electron chi connectivity index (χ0n) is 11.2. The van der Waals surface area contributed by atoms with E-state index in [0.717, 1.165) is 0 Å². The number of sulfonamides is 1. The van der Waals surface area contributed by atoms with Crippen LogP contribution < -0.4 is 5.32 Å². The van der Waals surface area contributed by atoms with Crippen LogP contribution in [0.2, 0.25) is 0 Å². The van der Waals surface area contributed by atoms with Gasteiger partial charge in [-0.05, 0) is 36.8 Å². The third-order valence-electron chi connectivity index (χ3n) is 4.47. The summed E-state index contributed by atoms with van der Waals surface area (Å²) in [5.41, 5.74) is 0.680. The van der Waals surface area contributed by atoms with Crippen molar-refractivity contribution in [3.63, 3.8) is 0 Å². The number of nitrogens with one attached hydrogen (secondary N) is 1. The Balaban J connectivity index is 1.91. The predicted octanol–water partition coefficient (Wildman–Crippen LogP) is 2.15. The number of para-hydroxylation sites is 1. The van der Waals surface area contributed by atoms with E-state index in [1.54, 1.807) is 23.5 Å². The molecule has 2 atom stereocenters. The van der Waals surface area contributed by atoms with Crippen molar-refractivity contribution < 1.29 is 8.42 Å². The van der Waals surface area contributed by atoms with Gasteiger partial charge >= 0.3 is 0 Å². The quantitative estimate of drug-likeness (QED) is 0.923. The largest absolute Gasteiger partial charge is 0.387 e. The highest BCUT2D eigenvalue weighted by molar-refractivity contribution is 7.89. The molecule has 0 amide bonds. The Morgan fingerprint density at radius 3 is 2.42 bits per heavy atom. The molecule has 1 aromatic rings. The van der Waals surface area contributed by atoms with Crippen molar-refractivity contribution in [1.82, 2.24) is 4.31 Å². The maximum atomic E-state index is 12.7. The lowest BCUT2D eigenvalue weighted by Gasteiger charge is -2.19. The Labute approximate surface area is 114 Å². The van der Waals surface area contributed by atoms with Gasteiger partial charge in [-0.2, -0.15) is 4.31 Å². The molecule has 104 valence electrons. The third-order valence-corrected chi connectivity index (χ3v) is 6.36. The molecule has 0 spiro atoms. The van der Waals surface area contributed by atoms with Crippen LogP contribution in [0.1, 0.15) is 19.3 Å². The van der Waals surface area contributed by atoms with E-state index >= 15 is 0 Å². The molecule has 1 N–H and O–H groups in total. The predicted molar refractivity (Wildman–Crippen MR) is 75.6 cm³/mol. The van der Waals surface area contributed by atoms with Crippen molar-refractivity contribution in [3.8, 4) is 0 Å². The fourth-order valence-corrected chi connectivity index (χ4v) is 5.18. The highest BCUT2D eigenvalue weighted by Crippen LogP contribution is 2.40. The van der Waals surface area contributed by atoms with Crippen LogP contribution in [0.4, 0.5) is 5.69 Å². The van der Waals surface area contributed by atoms with Crippen molar-refractivity contribution in [3.05, 3.63) is 24.3 Å². The van der Waals surface area contributed by atoms with Crippen LogP contribution >= 0.6 is 0 Å². The second-order valence-corrected chi connectivity index (χ2v) is 7.43. The third kappa shape index (κ3) is 2.15. The molecule has 4 nitrogen and oxygen atoms in total. The van der Waals surface area contributed by atoms with E-state index in [1.165, 1.54) is 19.3 Å². The summed E-state index contributed by atoms with van der Waals surface area (Å²) in [4.78, 5) is 0.400. The molecule has 2 fully saturated rings. The molecule has 1 aliphatic carbocycles. The Kier molecular flexibility index (Phi) is 3.27. The minimum absolute atomic E-state index is 0.400. The van der Waals surface area contributed by atoms with Crippen LogP contribution in [0, 0.1) is 11.8 Å². The normalized spacial score (nSPS) is 27.4. The number of benzene rings is 1. The minimum atomic E-state index is -3.35. The number of anilines is 1. The van der Waals surface area contributed by atoms with Gasteiger partial charge in [0.15, 0.2) is 0 Å². The van der Waals surface area contributed by atoms with Crippen molar-refractivity contribution >= 4 is 15.7 Å². The molecule has 5 heteroatoms. The maximum Gasteiger partial charge on any atom is 0.245 e. The lowest BCUT2D eigenvalue weighted by molar-refractivity contribution is 0.446. The second-order valence-electron chi connectivity index (χ2n) is 5.52. The van der Waals surface area contributed by atoms with E-state index in [1.807, 2.05) is 12.1 Å². The van der Waals surface area contributed by atoms with Crippen LogP contribution in [0.3, 0.4) is 0 Å². The molecule has 1 aromatic carbocycles. The zero-order chi connectivity index (χ0) is 13.5. The highest BCUT2D eigenvalue weighted by atomic mass is 32.2. The van der Waals surface area contributed by atoms with Gasteiger partial charge in [0.2, 0.25) is 10.0 Å². The molecule has 0 bridgehead atoms. The number of hydrogen-bond acceptors (Lipinski definition) is 3. The summed E-state index contributed by atoms with van der Waals surface area (Å²) in [5.74, 6) is 1.16. The van der Waals surface area contributed by atoms with Crippen molar-refractivity contribution in [2.45, 2.75) is 24.2 Å². The van der Waals surface area contributed by atoms with E-state index < -0.39 is 10.0 Å². The summed E-state index contributed by atoms with van der Waals surface area (Å²) in [7, 11) is -1.60. The monoisotopic (exact) mass is 280 g/mol. The van der Waals surface area contributed by atoms with Gasteiger partial charge in [0.25, 0.3) is 0 Å². The Morgan fingerprint density at radius 1 is 1.16 bits per heavy atom. The summed E-state index contributed by atoms with van der Waals surface area (Å²) in [5, 5.41) is 2.97. The molecule has 2 aliphatic rings. The van der Waals surface area contributed by atoms with Crippen LogP contribution in [0.15, 0.2) is 29.2 Å². The molecule has 0 radical (unpaired) electrons. The van der Waals surface area contributed by atoms with Gasteiger partial charge < -0.3 is 5.32 Å². The molecule has 0 aromatic heterocycles. The summed E-state index contributed by atoms with van der Waals surface area (Å²) in [6.45, 7) is 1.40. The minimum Gasteiger partial charge on any atom is -0.387 e. The number of fused-ring (bicyclic) bond motifs is 1. The van der Waals surface area contributed by atoms with Gasteiger partial charge in [0.1, 0.15) is 4.90 Å². The Bertz CT molecular complexity index is 559. The van der Waals surface area contributed by atoms with Crippen LogP contribution in [0.5, 0.6) is 0 Å². The van der Waals surface area contributed by atoms with E-state index in [2.05, 4.69) is 5.32 Å². The summed E-state index contributed by atoms with van der Waals surface area (Å²) in [6, 6.07) is 7.13. The maximum absolute atomic E-state index is 12.7. The number of hydrogen-bond donors (Lipinski definition) is 1. The first kappa shape index (κ1) is 12.9. The number of rotatable bonds is 3. The second kappa shape index (κ2) is 4.80. The standard InChI is InChI=1S/C14H20N2O2S/c1-15-13-7-2-3-8-14(13)19(17,18)16-9-11-5-4-6-12(11)10-16/h2-3,7-8,11-12,15H,4-6,9-10H2,1H3. The first-order valence-electron chi connectivity index (χ1n) is 6.90. The fraction of sp³-hybridized carbons (Fsp3) is 0.571. The Hall–Kier alpha value is -1.07. The fourth-order valence-electron chi connectivity index (χ4n) is 3.43. The molecule has 1 aliphatic heterocycles. The summed E-state index contributed by atoms with van der Waals surface area (Å²) in [6.07, 6.45) is 3.63. The zero-order valence-corrected chi connectivity index (χ0v) is 12.0. The Morgan fingerprint density at radius 2 is 1.79 bits per heavy atom. The van der Waals surface area contributed by atoms with Gasteiger partial charge in [-0.25, -0.2) is 8.42 Å². The molecular weight excluding hydrogens is 260 g/mol. The van der Waals surface area contributed by atoms with Crippen molar-refractivity contribution in [2.24, 2.45) is 11.8 Å². The highest BCUT2D eigenvalue weighted by Gasteiger charge is 2.41. The van der Waals surface area contributed by atoms with E-state index in [9.17, 15) is 8.42 Å². The van der Waals surface area contributed by atoms with Crippen molar-refractivity contribution in [2.75, 3.05) is 25.5 Å². The molecular formula is C14H20N2O2S. The van der Waals surface area contributed by atoms with Crippen LogP contribution in [0.25, 0.3) is 0 Å². The van der Waals surface area contributed by atoms with E-state index in [0.29, 0.717) is 35.5 Å². The average molecular weight is 280 g/mol. The lowest BCUT2D eigenvalue weighted by atomic mass is 10.0. The topological polar surface area (TPSA) is 49.4 Å². The first-order valence-corrected chi connectivity index (χ1v) is 8.34. The van der Waals surface area contributed by atoms with Crippen molar-refractivity contribution in [1.29, 1.82) is 0 Å². The smallest absolute Gasteiger partial charge is 0.245 e. The first-order chi connectivity index (χ1) is 9.13. The number of nitrogens with zero attached hydrogens (tertiary/aromatic N) is 1. The molecule has 2 unspecified atom stereocenters. The van der Waals surface area contributed by atoms with Gasteiger partial charge in [-0.1, -0.05) is 18.6 Å². The average Bonchev–Trinajstić information content (AvgIpc) is 2.99. The van der Waals surface area contributed by atoms with Gasteiger partial charge in [0, 0.05) is 20.1 Å². The lowest BCUT2D eigenvalue weighted by Crippen LogP contribution is -2.30. The van der Waals surface area contributed by atoms with Crippen LogP contribution in [-0.2, 0) is 10.0 Å². The van der Waals surface area contributed by atoms with Gasteiger partial charge in [-0.15, -0.1) is 0 Å². The summed E-state index contributed by atoms with van der Waals surface area (Å²) >= 11 is 0. The molecule has 19 heavy (non-hydrogen) atoms. The molecule has 1 saturated carbocycles. The van der Waals surface area contributed by atoms with Crippen LogP contribution in [-0.4, -0.2) is 32.9 Å². The van der Waals surface area contributed by atoms with Gasteiger partial charge in [0.05, 0.1) is 5.69 Å². The van der Waals surface area contributed by atoms with Gasteiger partial charge in [-0.3, -0.25) is 0 Å². The molecule has 3 rings (SSSR count). The summed E-state index contributed by atoms with van der Waals surface area (Å²) < 4.78 is 27.1. The SMILES string of the molecule is CNc1ccccc1S(=O)(=O)N1CC2CCCC2C1. The van der Waals surface area contributed by atoms with E-state index in [4.69, 9.17) is 0 Å². The molecule has 1 heterocycles. The van der Waals surface area contributed by atoms with E-state index in [-0.39, 0.29) is 0 Å². The molecule has 1 saturated heterocycles.